The summed E-state index contributed by atoms with van der Waals surface area (Å²) in [5.41, 5.74) is 0. The van der Waals surface area contributed by atoms with Gasteiger partial charge in [-0.25, -0.2) is 4.39 Å². The van der Waals surface area contributed by atoms with Crippen molar-refractivity contribution in [3.05, 3.63) is 28.5 Å². The normalized spacial score (nSPS) is 17.9. The SMILES string of the molecule is CC(CNC1CCCC1)Oc1cc(F)cc(Br)c1. The molecule has 0 aliphatic heterocycles. The molecule has 0 spiro atoms. The summed E-state index contributed by atoms with van der Waals surface area (Å²) in [7, 11) is 0. The van der Waals surface area contributed by atoms with Crippen molar-refractivity contribution in [3.8, 4) is 5.75 Å². The first-order chi connectivity index (χ1) is 8.63. The third kappa shape index (κ3) is 4.25. The number of hydrogen-bond acceptors (Lipinski definition) is 2. The summed E-state index contributed by atoms with van der Waals surface area (Å²) in [6.45, 7) is 2.81. The number of rotatable bonds is 5. The van der Waals surface area contributed by atoms with Gasteiger partial charge >= 0.3 is 0 Å². The van der Waals surface area contributed by atoms with Crippen molar-refractivity contribution in [1.29, 1.82) is 0 Å². The van der Waals surface area contributed by atoms with Gasteiger partial charge in [0.1, 0.15) is 17.7 Å². The molecular formula is C14H19BrFNO. The Bertz CT molecular complexity index is 373. The van der Waals surface area contributed by atoms with Crippen molar-refractivity contribution in [1.82, 2.24) is 5.32 Å². The Morgan fingerprint density at radius 2 is 2.11 bits per heavy atom. The molecule has 0 saturated heterocycles. The standard InChI is InChI=1S/C14H19BrFNO/c1-10(9-17-13-4-2-3-5-13)18-14-7-11(15)6-12(16)8-14/h6-8,10,13,17H,2-5,9H2,1H3. The van der Waals surface area contributed by atoms with Crippen LogP contribution in [0.1, 0.15) is 32.6 Å². The van der Waals surface area contributed by atoms with Crippen LogP contribution in [0, 0.1) is 5.82 Å². The number of hydrogen-bond donors (Lipinski definition) is 1. The van der Waals surface area contributed by atoms with Gasteiger partial charge in [-0.3, -0.25) is 0 Å². The molecule has 1 N–H and O–H groups in total. The highest BCUT2D eigenvalue weighted by atomic mass is 79.9. The summed E-state index contributed by atoms with van der Waals surface area (Å²) in [6, 6.07) is 5.26. The van der Waals surface area contributed by atoms with Crippen LogP contribution in [-0.2, 0) is 0 Å². The molecule has 1 aliphatic rings. The van der Waals surface area contributed by atoms with Crippen LogP contribution in [0.25, 0.3) is 0 Å². The van der Waals surface area contributed by atoms with E-state index in [-0.39, 0.29) is 11.9 Å². The van der Waals surface area contributed by atoms with E-state index in [0.29, 0.717) is 16.3 Å². The fourth-order valence-electron chi connectivity index (χ4n) is 2.33. The van der Waals surface area contributed by atoms with E-state index >= 15 is 0 Å². The Morgan fingerprint density at radius 3 is 2.78 bits per heavy atom. The number of ether oxygens (including phenoxy) is 1. The maximum Gasteiger partial charge on any atom is 0.128 e. The predicted molar refractivity (Wildman–Crippen MR) is 74.4 cm³/mol. The summed E-state index contributed by atoms with van der Waals surface area (Å²) >= 11 is 3.26. The molecule has 1 unspecified atom stereocenters. The molecule has 1 saturated carbocycles. The topological polar surface area (TPSA) is 21.3 Å². The quantitative estimate of drug-likeness (QED) is 0.890. The second kappa shape index (κ2) is 6.53. The third-order valence-electron chi connectivity index (χ3n) is 3.22. The summed E-state index contributed by atoms with van der Waals surface area (Å²) in [6.07, 6.45) is 5.21. The lowest BCUT2D eigenvalue weighted by Crippen LogP contribution is -2.35. The largest absolute Gasteiger partial charge is 0.489 e. The van der Waals surface area contributed by atoms with Gasteiger partial charge in [-0.2, -0.15) is 0 Å². The molecule has 1 aliphatic carbocycles. The molecule has 100 valence electrons. The molecule has 0 amide bonds. The molecule has 1 fully saturated rings. The fourth-order valence-corrected chi connectivity index (χ4v) is 2.78. The molecule has 0 bridgehead atoms. The van der Waals surface area contributed by atoms with Gasteiger partial charge in [0.05, 0.1) is 0 Å². The minimum Gasteiger partial charge on any atom is -0.489 e. The lowest BCUT2D eigenvalue weighted by molar-refractivity contribution is 0.210. The molecule has 0 heterocycles. The number of halogens is 2. The summed E-state index contributed by atoms with van der Waals surface area (Å²) in [4.78, 5) is 0. The van der Waals surface area contributed by atoms with Gasteiger partial charge in [-0.1, -0.05) is 28.8 Å². The van der Waals surface area contributed by atoms with Gasteiger partial charge in [0, 0.05) is 23.1 Å². The van der Waals surface area contributed by atoms with Crippen molar-refractivity contribution in [2.45, 2.75) is 44.8 Å². The molecule has 1 atom stereocenters. The monoisotopic (exact) mass is 315 g/mol. The van der Waals surface area contributed by atoms with Gasteiger partial charge in [-0.05, 0) is 31.9 Å². The van der Waals surface area contributed by atoms with E-state index in [1.165, 1.54) is 37.8 Å². The minimum absolute atomic E-state index is 0.0410. The van der Waals surface area contributed by atoms with Gasteiger partial charge in [-0.15, -0.1) is 0 Å². The zero-order valence-electron chi connectivity index (χ0n) is 10.6. The van der Waals surface area contributed by atoms with E-state index in [1.807, 2.05) is 6.92 Å². The number of benzene rings is 1. The lowest BCUT2D eigenvalue weighted by Gasteiger charge is -2.18. The maximum atomic E-state index is 13.2. The zero-order valence-corrected chi connectivity index (χ0v) is 12.2. The van der Waals surface area contributed by atoms with Crippen LogP contribution in [0.4, 0.5) is 4.39 Å². The summed E-state index contributed by atoms with van der Waals surface area (Å²) in [5, 5.41) is 3.50. The van der Waals surface area contributed by atoms with Crippen molar-refractivity contribution >= 4 is 15.9 Å². The smallest absolute Gasteiger partial charge is 0.128 e. The molecular weight excluding hydrogens is 297 g/mol. The van der Waals surface area contributed by atoms with Crippen LogP contribution in [0.3, 0.4) is 0 Å². The highest BCUT2D eigenvalue weighted by Gasteiger charge is 2.15. The average Bonchev–Trinajstić information content (AvgIpc) is 2.77. The van der Waals surface area contributed by atoms with Crippen molar-refractivity contribution in [2.24, 2.45) is 0 Å². The van der Waals surface area contributed by atoms with E-state index in [0.717, 1.165) is 6.54 Å². The lowest BCUT2D eigenvalue weighted by atomic mass is 10.2. The molecule has 18 heavy (non-hydrogen) atoms. The van der Waals surface area contributed by atoms with Crippen LogP contribution in [0.2, 0.25) is 0 Å². The van der Waals surface area contributed by atoms with E-state index < -0.39 is 0 Å². The van der Waals surface area contributed by atoms with E-state index in [2.05, 4.69) is 21.2 Å². The van der Waals surface area contributed by atoms with Gasteiger partial charge in [0.25, 0.3) is 0 Å². The minimum atomic E-state index is -0.282. The van der Waals surface area contributed by atoms with Crippen LogP contribution >= 0.6 is 15.9 Å². The number of nitrogens with one attached hydrogen (secondary N) is 1. The highest BCUT2D eigenvalue weighted by Crippen LogP contribution is 2.22. The predicted octanol–water partition coefficient (Wildman–Crippen LogP) is 3.89. The molecule has 2 nitrogen and oxygen atoms in total. The first-order valence-corrected chi connectivity index (χ1v) is 7.29. The van der Waals surface area contributed by atoms with E-state index in [1.54, 1.807) is 6.07 Å². The highest BCUT2D eigenvalue weighted by molar-refractivity contribution is 9.10. The van der Waals surface area contributed by atoms with Crippen LogP contribution in [-0.4, -0.2) is 18.7 Å². The molecule has 1 aromatic rings. The molecule has 1 aromatic carbocycles. The van der Waals surface area contributed by atoms with E-state index in [9.17, 15) is 4.39 Å². The third-order valence-corrected chi connectivity index (χ3v) is 3.68. The van der Waals surface area contributed by atoms with Crippen molar-refractivity contribution in [2.75, 3.05) is 6.54 Å². The molecule has 0 radical (unpaired) electrons. The van der Waals surface area contributed by atoms with Gasteiger partial charge in [0.15, 0.2) is 0 Å². The Hall–Kier alpha value is -0.610. The van der Waals surface area contributed by atoms with Crippen molar-refractivity contribution < 1.29 is 9.13 Å². The molecule has 2 rings (SSSR count). The second-order valence-electron chi connectivity index (χ2n) is 4.92. The Labute approximate surface area is 116 Å². The van der Waals surface area contributed by atoms with Crippen LogP contribution < -0.4 is 10.1 Å². The average molecular weight is 316 g/mol. The van der Waals surface area contributed by atoms with Gasteiger partial charge in [0.2, 0.25) is 0 Å². The first kappa shape index (κ1) is 13.8. The Morgan fingerprint density at radius 1 is 1.39 bits per heavy atom. The zero-order chi connectivity index (χ0) is 13.0. The van der Waals surface area contributed by atoms with Crippen molar-refractivity contribution in [3.63, 3.8) is 0 Å². The maximum absolute atomic E-state index is 13.2. The molecule has 0 aromatic heterocycles. The Balaban J connectivity index is 1.80. The van der Waals surface area contributed by atoms with Crippen LogP contribution in [0.15, 0.2) is 22.7 Å². The summed E-state index contributed by atoms with van der Waals surface area (Å²) < 4.78 is 19.6. The van der Waals surface area contributed by atoms with E-state index in [4.69, 9.17) is 4.74 Å². The first-order valence-electron chi connectivity index (χ1n) is 6.49. The Kier molecular flexibility index (Phi) is 5.01. The summed E-state index contributed by atoms with van der Waals surface area (Å²) in [5.74, 6) is 0.290. The molecule has 4 heteroatoms. The van der Waals surface area contributed by atoms with Crippen LogP contribution in [0.5, 0.6) is 5.75 Å². The van der Waals surface area contributed by atoms with Gasteiger partial charge < -0.3 is 10.1 Å². The fraction of sp³-hybridized carbons (Fsp3) is 0.571. The second-order valence-corrected chi connectivity index (χ2v) is 5.84.